The van der Waals surface area contributed by atoms with Crippen LogP contribution in [-0.2, 0) is 7.05 Å². The molecule has 3 rings (SSSR count). The summed E-state index contributed by atoms with van der Waals surface area (Å²) in [7, 11) is 1.89. The Bertz CT molecular complexity index is 544. The lowest BCUT2D eigenvalue weighted by Gasteiger charge is -2.22. The van der Waals surface area contributed by atoms with Crippen molar-refractivity contribution in [1.29, 1.82) is 0 Å². The number of likely N-dealkylation sites (tertiary alicyclic amines) is 1. The summed E-state index contributed by atoms with van der Waals surface area (Å²) in [5.41, 5.74) is 1.09. The fraction of sp³-hybridized carbons (Fsp3) is 0.385. The van der Waals surface area contributed by atoms with Crippen molar-refractivity contribution < 1.29 is 9.21 Å². The monoisotopic (exact) mass is 245 g/mol. The average Bonchev–Trinajstić information content (AvgIpc) is 3.09. The van der Waals surface area contributed by atoms with Crippen LogP contribution in [0, 0.1) is 0 Å². The molecule has 0 spiro atoms. The molecule has 0 aromatic carbocycles. The molecule has 1 aliphatic heterocycles. The fourth-order valence-electron chi connectivity index (χ4n) is 2.51. The van der Waals surface area contributed by atoms with E-state index in [1.807, 2.05) is 24.3 Å². The van der Waals surface area contributed by atoms with E-state index in [0.29, 0.717) is 5.76 Å². The smallest absolute Gasteiger partial charge is 0.290 e. The summed E-state index contributed by atoms with van der Waals surface area (Å²) in [6.07, 6.45) is 7.34. The molecule has 18 heavy (non-hydrogen) atoms. The van der Waals surface area contributed by atoms with Crippen LogP contribution in [0.5, 0.6) is 0 Å². The maximum Gasteiger partial charge on any atom is 0.290 e. The highest BCUT2D eigenvalue weighted by atomic mass is 16.3. The molecule has 0 bridgehead atoms. The Kier molecular flexibility index (Phi) is 2.66. The van der Waals surface area contributed by atoms with Gasteiger partial charge in [-0.25, -0.2) is 0 Å². The van der Waals surface area contributed by atoms with E-state index in [-0.39, 0.29) is 11.9 Å². The lowest BCUT2D eigenvalue weighted by molar-refractivity contribution is 0.0703. The van der Waals surface area contributed by atoms with Gasteiger partial charge < -0.3 is 9.32 Å². The summed E-state index contributed by atoms with van der Waals surface area (Å²) in [5.74, 6) is 0.372. The molecule has 1 saturated heterocycles. The maximum absolute atomic E-state index is 12.3. The van der Waals surface area contributed by atoms with E-state index in [0.717, 1.165) is 24.9 Å². The van der Waals surface area contributed by atoms with E-state index in [2.05, 4.69) is 5.10 Å². The second kappa shape index (κ2) is 4.33. The zero-order valence-corrected chi connectivity index (χ0v) is 10.2. The van der Waals surface area contributed by atoms with E-state index < -0.39 is 0 Å². The number of carbonyl (C=O) groups is 1. The minimum absolute atomic E-state index is 0.0358. The first-order valence-corrected chi connectivity index (χ1v) is 6.09. The molecule has 0 radical (unpaired) electrons. The minimum atomic E-state index is -0.0358. The molecule has 1 fully saturated rings. The lowest BCUT2D eigenvalue weighted by Crippen LogP contribution is -2.30. The number of rotatable bonds is 2. The number of aromatic nitrogens is 2. The average molecular weight is 245 g/mol. The van der Waals surface area contributed by atoms with Crippen LogP contribution in [-0.4, -0.2) is 27.1 Å². The number of carbonyl (C=O) groups excluding carboxylic acids is 1. The van der Waals surface area contributed by atoms with E-state index in [1.54, 1.807) is 16.8 Å². The zero-order valence-electron chi connectivity index (χ0n) is 10.2. The third kappa shape index (κ3) is 1.81. The molecule has 3 heterocycles. The molecule has 5 heteroatoms. The number of hydrogen-bond acceptors (Lipinski definition) is 3. The van der Waals surface area contributed by atoms with Gasteiger partial charge in [0.15, 0.2) is 5.76 Å². The van der Waals surface area contributed by atoms with E-state index in [9.17, 15) is 4.79 Å². The minimum Gasteiger partial charge on any atom is -0.459 e. The normalized spacial score (nSPS) is 19.4. The Hall–Kier alpha value is -2.04. The first-order valence-electron chi connectivity index (χ1n) is 6.09. The zero-order chi connectivity index (χ0) is 12.5. The number of aryl methyl sites for hydroxylation is 1. The standard InChI is InChI=1S/C13H15N3O2/c1-15-9-10(8-14-15)11-4-2-6-16(11)13(17)12-5-3-7-18-12/h3,5,7-9,11H,2,4,6H2,1H3/t11-/m1/s1. The second-order valence-electron chi connectivity index (χ2n) is 4.58. The Labute approximate surface area is 105 Å². The third-order valence-electron chi connectivity index (χ3n) is 3.36. The number of furan rings is 1. The second-order valence-corrected chi connectivity index (χ2v) is 4.58. The summed E-state index contributed by atoms with van der Waals surface area (Å²) in [4.78, 5) is 14.2. The Morgan fingerprint density at radius 3 is 3.11 bits per heavy atom. The first kappa shape index (κ1) is 11.1. The predicted octanol–water partition coefficient (Wildman–Crippen LogP) is 1.99. The Morgan fingerprint density at radius 2 is 2.44 bits per heavy atom. The van der Waals surface area contributed by atoms with Gasteiger partial charge in [0, 0.05) is 25.4 Å². The molecular weight excluding hydrogens is 230 g/mol. The van der Waals surface area contributed by atoms with Crippen LogP contribution < -0.4 is 0 Å². The highest BCUT2D eigenvalue weighted by Gasteiger charge is 2.32. The van der Waals surface area contributed by atoms with Crippen molar-refractivity contribution in [1.82, 2.24) is 14.7 Å². The predicted molar refractivity (Wildman–Crippen MR) is 64.9 cm³/mol. The third-order valence-corrected chi connectivity index (χ3v) is 3.36. The molecule has 0 unspecified atom stereocenters. The van der Waals surface area contributed by atoms with Gasteiger partial charge in [0.1, 0.15) is 0 Å². The lowest BCUT2D eigenvalue weighted by atomic mass is 10.1. The number of nitrogens with zero attached hydrogens (tertiary/aromatic N) is 3. The molecule has 1 atom stereocenters. The van der Waals surface area contributed by atoms with E-state index >= 15 is 0 Å². The number of hydrogen-bond donors (Lipinski definition) is 0. The summed E-state index contributed by atoms with van der Waals surface area (Å²) in [6.45, 7) is 0.777. The highest BCUT2D eigenvalue weighted by Crippen LogP contribution is 2.32. The van der Waals surface area contributed by atoms with Crippen molar-refractivity contribution in [3.63, 3.8) is 0 Å². The van der Waals surface area contributed by atoms with Gasteiger partial charge in [-0.05, 0) is 25.0 Å². The fourth-order valence-corrected chi connectivity index (χ4v) is 2.51. The Morgan fingerprint density at radius 1 is 1.56 bits per heavy atom. The van der Waals surface area contributed by atoms with Crippen molar-refractivity contribution in [2.45, 2.75) is 18.9 Å². The molecule has 0 N–H and O–H groups in total. The van der Waals surface area contributed by atoms with Crippen LogP contribution in [0.25, 0.3) is 0 Å². The SMILES string of the molecule is Cn1cc([C@H]2CCCN2C(=O)c2ccco2)cn1. The topological polar surface area (TPSA) is 51.3 Å². The molecule has 5 nitrogen and oxygen atoms in total. The molecule has 1 amide bonds. The summed E-state index contributed by atoms with van der Waals surface area (Å²) in [6, 6.07) is 3.57. The van der Waals surface area contributed by atoms with Gasteiger partial charge in [0.2, 0.25) is 0 Å². The van der Waals surface area contributed by atoms with Gasteiger partial charge in [-0.15, -0.1) is 0 Å². The molecule has 0 aliphatic carbocycles. The summed E-state index contributed by atoms with van der Waals surface area (Å²) >= 11 is 0. The molecule has 1 aliphatic rings. The number of amides is 1. The van der Waals surface area contributed by atoms with Crippen LogP contribution in [0.4, 0.5) is 0 Å². The maximum atomic E-state index is 12.3. The summed E-state index contributed by atoms with van der Waals surface area (Å²) < 4.78 is 6.95. The molecular formula is C13H15N3O2. The largest absolute Gasteiger partial charge is 0.459 e. The Balaban J connectivity index is 1.85. The van der Waals surface area contributed by atoms with Crippen molar-refractivity contribution in [2.75, 3.05) is 6.54 Å². The van der Waals surface area contributed by atoms with Crippen LogP contribution >= 0.6 is 0 Å². The van der Waals surface area contributed by atoms with Gasteiger partial charge in [-0.3, -0.25) is 9.48 Å². The molecule has 0 saturated carbocycles. The summed E-state index contributed by atoms with van der Waals surface area (Å²) in [5, 5.41) is 4.17. The molecule has 2 aromatic rings. The van der Waals surface area contributed by atoms with Crippen molar-refractivity contribution in [3.8, 4) is 0 Å². The van der Waals surface area contributed by atoms with Gasteiger partial charge in [-0.2, -0.15) is 5.10 Å². The highest BCUT2D eigenvalue weighted by molar-refractivity contribution is 5.91. The first-order chi connectivity index (χ1) is 8.75. The van der Waals surface area contributed by atoms with Crippen molar-refractivity contribution >= 4 is 5.91 Å². The molecule has 94 valence electrons. The van der Waals surface area contributed by atoms with Crippen LogP contribution in [0.3, 0.4) is 0 Å². The van der Waals surface area contributed by atoms with Crippen LogP contribution in [0.15, 0.2) is 35.2 Å². The van der Waals surface area contributed by atoms with Crippen LogP contribution in [0.2, 0.25) is 0 Å². The van der Waals surface area contributed by atoms with E-state index in [4.69, 9.17) is 4.42 Å². The van der Waals surface area contributed by atoms with Gasteiger partial charge in [0.25, 0.3) is 5.91 Å². The molecule has 2 aromatic heterocycles. The van der Waals surface area contributed by atoms with Crippen molar-refractivity contribution in [2.24, 2.45) is 7.05 Å². The quantitative estimate of drug-likeness (QED) is 0.813. The van der Waals surface area contributed by atoms with E-state index in [1.165, 1.54) is 6.26 Å². The van der Waals surface area contributed by atoms with Gasteiger partial charge in [-0.1, -0.05) is 0 Å². The van der Waals surface area contributed by atoms with Crippen LogP contribution in [0.1, 0.15) is 35.0 Å². The van der Waals surface area contributed by atoms with Gasteiger partial charge in [0.05, 0.1) is 18.5 Å². The van der Waals surface area contributed by atoms with Crippen molar-refractivity contribution in [3.05, 3.63) is 42.1 Å². The van der Waals surface area contributed by atoms with Gasteiger partial charge >= 0.3 is 0 Å².